The Morgan fingerprint density at radius 1 is 0.488 bits per heavy atom. The number of hydrogen-bond donors (Lipinski definition) is 5. The van der Waals surface area contributed by atoms with Crippen molar-refractivity contribution in [3.8, 4) is 0 Å². The van der Waals surface area contributed by atoms with Crippen LogP contribution < -0.4 is 22.9 Å². The maximum atomic E-state index is 7.75. The maximum Gasteiger partial charge on any atom is 0.501 e. The van der Waals surface area contributed by atoms with Gasteiger partial charge in [-0.25, -0.2) is 0 Å². The zero-order chi connectivity index (χ0) is 31.5. The number of aliphatic hydroxyl groups is 1. The molecule has 41 heavy (non-hydrogen) atoms. The summed E-state index contributed by atoms with van der Waals surface area (Å²) in [4.78, 5) is 0. The third-order valence-corrected chi connectivity index (χ3v) is 11.6. The molecule has 0 saturated carbocycles. The highest BCUT2D eigenvalue weighted by Crippen LogP contribution is 2.27. The minimum absolute atomic E-state index is 0.0972. The van der Waals surface area contributed by atoms with Crippen LogP contribution in [0.3, 0.4) is 0 Å². The van der Waals surface area contributed by atoms with E-state index in [9.17, 15) is 0 Å². The van der Waals surface area contributed by atoms with Crippen LogP contribution in [0.5, 0.6) is 0 Å². The highest BCUT2D eigenvalue weighted by atomic mass is 35.8. The van der Waals surface area contributed by atoms with Crippen molar-refractivity contribution < 1.29 is 18.4 Å². The summed E-state index contributed by atoms with van der Waals surface area (Å²) in [7, 11) is -2.68. The number of aliphatic hydroxyl groups excluding tert-OH is 1. The fraction of sp³-hybridized carbons (Fsp3) is 1.00. The molecule has 0 amide bonds. The van der Waals surface area contributed by atoms with Crippen molar-refractivity contribution in [2.45, 2.75) is 129 Å². The van der Waals surface area contributed by atoms with Gasteiger partial charge in [-0.15, -0.1) is 33.2 Å². The molecule has 0 aromatic heterocycles. The molecule has 0 aromatic carbocycles. The quantitative estimate of drug-likeness (QED) is 0.0346. The molecule has 0 heterocycles. The summed E-state index contributed by atoms with van der Waals surface area (Å²) in [5, 5.41) is 7.75. The van der Waals surface area contributed by atoms with Gasteiger partial charge in [-0.05, 0) is 12.5 Å². The van der Waals surface area contributed by atoms with Crippen LogP contribution in [0.25, 0.3) is 0 Å². The van der Waals surface area contributed by atoms with Gasteiger partial charge in [-0.2, -0.15) is 0 Å². The predicted octanol–water partition coefficient (Wildman–Crippen LogP) is 6.71. The molecule has 13 heteroatoms. The molecule has 0 radical (unpaired) electrons. The summed E-state index contributed by atoms with van der Waals surface area (Å²) < 4.78 is 17.7. The predicted molar refractivity (Wildman–Crippen MR) is 185 cm³/mol. The van der Waals surface area contributed by atoms with Gasteiger partial charge in [0.2, 0.25) is 0 Å². The highest BCUT2D eigenvalue weighted by molar-refractivity contribution is 7.64. The molecule has 252 valence electrons. The molecule has 0 bridgehead atoms. The standard InChI is InChI=1S/C16H39N3O3Si.C10H21Cl3Si.C2H7NO/c1-2-3-4-5-6-7-8-9-16-23(20-13-10-17,21-14-11-18)22-15-12-19;1-2-3-4-5-6-7-8-9-10-14(11,12)13;3-1-2-4/h2-19H2,1H3;2-10H2,1H3;4H,1-3H2. The average Bonchev–Trinajstić information content (AvgIpc) is 2.96. The minimum Gasteiger partial charge on any atom is -0.395 e. The van der Waals surface area contributed by atoms with Crippen LogP contribution in [0.1, 0.15) is 117 Å². The van der Waals surface area contributed by atoms with Gasteiger partial charge in [-0.1, -0.05) is 110 Å². The van der Waals surface area contributed by atoms with Crippen molar-refractivity contribution in [1.82, 2.24) is 0 Å². The third kappa shape index (κ3) is 41.0. The van der Waals surface area contributed by atoms with Gasteiger partial charge in [0.25, 0.3) is 0 Å². The lowest BCUT2D eigenvalue weighted by molar-refractivity contribution is 0.0651. The van der Waals surface area contributed by atoms with E-state index >= 15 is 0 Å². The van der Waals surface area contributed by atoms with Crippen molar-refractivity contribution in [1.29, 1.82) is 0 Å². The molecule has 8 nitrogen and oxygen atoms in total. The second-order valence-corrected chi connectivity index (χ2v) is 22.2. The van der Waals surface area contributed by atoms with Gasteiger partial charge in [0, 0.05) is 32.2 Å². The Kier molecular flexibility index (Phi) is 42.1. The van der Waals surface area contributed by atoms with Crippen LogP contribution in [0, 0.1) is 0 Å². The molecule has 0 spiro atoms. The van der Waals surface area contributed by atoms with Crippen molar-refractivity contribution in [3.05, 3.63) is 0 Å². The van der Waals surface area contributed by atoms with Gasteiger partial charge in [0.05, 0.1) is 26.4 Å². The van der Waals surface area contributed by atoms with Crippen LogP contribution in [-0.2, 0) is 13.3 Å². The van der Waals surface area contributed by atoms with E-state index in [-0.39, 0.29) is 6.61 Å². The largest absolute Gasteiger partial charge is 0.501 e. The summed E-state index contributed by atoms with van der Waals surface area (Å²) in [5.74, 6) is 0. The van der Waals surface area contributed by atoms with E-state index in [4.69, 9.17) is 74.6 Å². The van der Waals surface area contributed by atoms with E-state index in [0.717, 1.165) is 24.9 Å². The Morgan fingerprint density at radius 2 is 0.780 bits per heavy atom. The lowest BCUT2D eigenvalue weighted by Crippen LogP contribution is -2.48. The molecule has 0 aliphatic rings. The first kappa shape index (κ1) is 46.4. The number of halogens is 3. The number of unbranched alkanes of at least 4 members (excludes halogenated alkanes) is 14. The second-order valence-electron chi connectivity index (χ2n) is 10.2. The first-order valence-electron chi connectivity index (χ1n) is 16.1. The Bertz CT molecular complexity index is 466. The van der Waals surface area contributed by atoms with E-state index in [1.807, 2.05) is 0 Å². The van der Waals surface area contributed by atoms with Crippen LogP contribution in [0.2, 0.25) is 12.1 Å². The van der Waals surface area contributed by atoms with Crippen LogP contribution >= 0.6 is 33.2 Å². The fourth-order valence-electron chi connectivity index (χ4n) is 3.92. The summed E-state index contributed by atoms with van der Waals surface area (Å²) in [6.07, 6.45) is 20.6. The van der Waals surface area contributed by atoms with Crippen LogP contribution in [0.15, 0.2) is 0 Å². The van der Waals surface area contributed by atoms with Gasteiger partial charge in [0.15, 0.2) is 0 Å². The van der Waals surface area contributed by atoms with Crippen molar-refractivity contribution in [2.24, 2.45) is 22.9 Å². The third-order valence-electron chi connectivity index (χ3n) is 6.10. The molecule has 0 atom stereocenters. The van der Waals surface area contributed by atoms with Crippen molar-refractivity contribution in [2.75, 3.05) is 52.6 Å². The number of nitrogens with two attached hydrogens (primary N) is 4. The normalized spacial score (nSPS) is 11.6. The van der Waals surface area contributed by atoms with E-state index in [2.05, 4.69) is 13.8 Å². The summed E-state index contributed by atoms with van der Waals surface area (Å²) in [6, 6.07) is -0.674. The molecule has 0 aliphatic heterocycles. The molecule has 0 unspecified atom stereocenters. The van der Waals surface area contributed by atoms with Crippen LogP contribution in [0.4, 0.5) is 0 Å². The topological polar surface area (TPSA) is 152 Å². The molecular formula is C28H67Cl3N4O4Si2. The monoisotopic (exact) mass is 684 g/mol. The highest BCUT2D eigenvalue weighted by Gasteiger charge is 2.40. The van der Waals surface area contributed by atoms with Crippen LogP contribution in [-0.4, -0.2) is 72.5 Å². The Balaban J connectivity index is -0.000000678. The van der Waals surface area contributed by atoms with Gasteiger partial charge >= 0.3 is 14.8 Å². The lowest BCUT2D eigenvalue weighted by Gasteiger charge is -2.29. The van der Waals surface area contributed by atoms with E-state index in [1.165, 1.54) is 89.9 Å². The fourth-order valence-corrected chi connectivity index (χ4v) is 8.43. The minimum atomic E-state index is -2.68. The van der Waals surface area contributed by atoms with E-state index in [1.54, 1.807) is 0 Å². The SMILES string of the molecule is CCCCCCCCCC[Si](Cl)(Cl)Cl.CCCCCCCCCC[Si](OCCN)(OCCN)OCCN.NCCO. The maximum absolute atomic E-state index is 7.75. The summed E-state index contributed by atoms with van der Waals surface area (Å²) in [5.41, 5.74) is 21.5. The van der Waals surface area contributed by atoms with E-state index < -0.39 is 14.8 Å². The zero-order valence-electron chi connectivity index (χ0n) is 26.5. The first-order valence-corrected chi connectivity index (χ1v) is 23.3. The average molecular weight is 686 g/mol. The Hall–Kier alpha value is 0.984. The molecule has 0 saturated heterocycles. The summed E-state index contributed by atoms with van der Waals surface area (Å²) >= 11 is 17.4. The van der Waals surface area contributed by atoms with E-state index in [0.29, 0.717) is 46.0 Å². The van der Waals surface area contributed by atoms with Crippen molar-refractivity contribution >= 4 is 48.0 Å². The second kappa shape index (κ2) is 37.2. The Labute approximate surface area is 269 Å². The number of rotatable bonds is 28. The van der Waals surface area contributed by atoms with Gasteiger partial charge in [-0.3, -0.25) is 0 Å². The van der Waals surface area contributed by atoms with Gasteiger partial charge in [0.1, 0.15) is 0 Å². The molecule has 0 aromatic rings. The molecule has 9 N–H and O–H groups in total. The lowest BCUT2D eigenvalue weighted by atomic mass is 10.1. The molecule has 0 rings (SSSR count). The zero-order valence-corrected chi connectivity index (χ0v) is 30.8. The molecule has 0 aliphatic carbocycles. The summed E-state index contributed by atoms with van der Waals surface area (Å²) in [6.45, 7) is 7.72. The Morgan fingerprint density at radius 3 is 1.05 bits per heavy atom. The molecular weight excluding hydrogens is 619 g/mol. The first-order chi connectivity index (χ1) is 19.7. The smallest absolute Gasteiger partial charge is 0.395 e. The van der Waals surface area contributed by atoms with Gasteiger partial charge < -0.3 is 41.3 Å². The molecule has 0 fully saturated rings. The van der Waals surface area contributed by atoms with Crippen molar-refractivity contribution in [3.63, 3.8) is 0 Å². The number of hydrogen-bond acceptors (Lipinski definition) is 8.